The van der Waals surface area contributed by atoms with Gasteiger partial charge in [-0.2, -0.15) is 0 Å². The van der Waals surface area contributed by atoms with Crippen molar-refractivity contribution in [3.63, 3.8) is 0 Å². The molecular weight excluding hydrogens is 510 g/mol. The maximum absolute atomic E-state index is 12.6. The van der Waals surface area contributed by atoms with Crippen molar-refractivity contribution in [2.24, 2.45) is 5.73 Å². The van der Waals surface area contributed by atoms with E-state index in [0.717, 1.165) is 16.7 Å². The normalized spacial score (nSPS) is 17.2. The highest BCUT2D eigenvalue weighted by molar-refractivity contribution is 8.00. The summed E-state index contributed by atoms with van der Waals surface area (Å²) in [5, 5.41) is 1.94. The molecule has 182 valence electrons. The highest BCUT2D eigenvalue weighted by atomic mass is 79.9. The predicted octanol–water partition coefficient (Wildman–Crippen LogP) is -3.84. The summed E-state index contributed by atoms with van der Waals surface area (Å²) < 4.78 is 9.02. The van der Waals surface area contributed by atoms with E-state index in [0.29, 0.717) is 0 Å². The quantitative estimate of drug-likeness (QED) is 0.175. The van der Waals surface area contributed by atoms with Crippen molar-refractivity contribution in [1.29, 1.82) is 0 Å². The molecule has 1 aliphatic heterocycles. The molecule has 13 heteroatoms. The number of imide groups is 1. The third-order valence-electron chi connectivity index (χ3n) is 4.70. The molecule has 11 nitrogen and oxygen atoms in total. The number of ketones is 1. The Hall–Kier alpha value is -1.99. The molecule has 3 amide bonds. The van der Waals surface area contributed by atoms with E-state index in [1.54, 1.807) is 6.92 Å². The second kappa shape index (κ2) is 15.0. The summed E-state index contributed by atoms with van der Waals surface area (Å²) in [6.45, 7) is 1.97. The fourth-order valence-corrected chi connectivity index (χ4v) is 4.09. The summed E-state index contributed by atoms with van der Waals surface area (Å²) in [5.74, 6) is -2.69. The summed E-state index contributed by atoms with van der Waals surface area (Å²) >= 11 is 1.10. The molecule has 3 atom stereocenters. The van der Waals surface area contributed by atoms with Gasteiger partial charge in [0.15, 0.2) is 5.78 Å². The number of amides is 3. The van der Waals surface area contributed by atoms with E-state index in [9.17, 15) is 28.8 Å². The maximum Gasteiger partial charge on any atom is 0.322 e. The molecule has 0 aromatic heterocycles. The van der Waals surface area contributed by atoms with Crippen molar-refractivity contribution >= 4 is 47.2 Å². The molecule has 0 spiro atoms. The lowest BCUT2D eigenvalue weighted by Crippen LogP contribution is -3.00. The Morgan fingerprint density at radius 1 is 1.16 bits per heavy atom. The van der Waals surface area contributed by atoms with E-state index in [1.165, 1.54) is 14.2 Å². The average Bonchev–Trinajstić information content (AvgIpc) is 3.04. The van der Waals surface area contributed by atoms with Crippen LogP contribution in [0.15, 0.2) is 0 Å². The number of nitrogens with two attached hydrogens (primary N) is 1. The lowest BCUT2D eigenvalue weighted by Gasteiger charge is -2.19. The van der Waals surface area contributed by atoms with Crippen LogP contribution in [-0.2, 0) is 38.2 Å². The van der Waals surface area contributed by atoms with Crippen molar-refractivity contribution in [2.45, 2.75) is 56.4 Å². The first kappa shape index (κ1) is 30.0. The standard InChI is InChI=1S/C19H29N3O8S.BrH/c1-4-22-16(25)9-14(18(22)27)31-10-12(13(23)6-8-17(26)29-2)21-15(24)7-5-11(20)19(28)30-3;/h11-12,14H,4-10,20H2,1-3H3,(H,21,24);1H/p-1. The van der Waals surface area contributed by atoms with Crippen LogP contribution in [0.25, 0.3) is 0 Å². The number of hydrogen-bond acceptors (Lipinski definition) is 10. The van der Waals surface area contributed by atoms with Crippen LogP contribution in [0.3, 0.4) is 0 Å². The summed E-state index contributed by atoms with van der Waals surface area (Å²) in [6, 6.07) is -1.95. The second-order valence-electron chi connectivity index (χ2n) is 6.83. The number of methoxy groups -OCH3 is 2. The van der Waals surface area contributed by atoms with Gasteiger partial charge in [-0.3, -0.25) is 33.7 Å². The SMILES string of the molecule is CCN1C(=O)CC(SCC(NC(=O)CCC(N)C(=O)OC)C(=O)CCC(=O)OC)C1=O.[Br-]. The zero-order chi connectivity index (χ0) is 23.6. The monoisotopic (exact) mass is 538 g/mol. The molecule has 0 aromatic carbocycles. The van der Waals surface area contributed by atoms with Gasteiger partial charge in [0.1, 0.15) is 6.04 Å². The molecule has 3 unspecified atom stereocenters. The first-order valence-electron chi connectivity index (χ1n) is 9.82. The molecule has 0 bridgehead atoms. The number of nitrogens with one attached hydrogen (secondary N) is 1. The Bertz CT molecular complexity index is 721. The lowest BCUT2D eigenvalue weighted by molar-refractivity contribution is -0.142. The minimum Gasteiger partial charge on any atom is -1.00 e. The molecule has 0 aromatic rings. The van der Waals surface area contributed by atoms with Gasteiger partial charge in [-0.05, 0) is 13.3 Å². The number of rotatable bonds is 13. The summed E-state index contributed by atoms with van der Waals surface area (Å²) in [4.78, 5) is 72.8. The fraction of sp³-hybridized carbons (Fsp3) is 0.684. The van der Waals surface area contributed by atoms with Gasteiger partial charge in [0.2, 0.25) is 17.7 Å². The molecular formula is C19H29BrN3O8S-. The third-order valence-corrected chi connectivity index (χ3v) is 5.99. The van der Waals surface area contributed by atoms with Crippen molar-refractivity contribution in [2.75, 3.05) is 26.5 Å². The minimum atomic E-state index is -0.977. The van der Waals surface area contributed by atoms with Gasteiger partial charge in [-0.15, -0.1) is 11.8 Å². The molecule has 0 radical (unpaired) electrons. The van der Waals surface area contributed by atoms with E-state index in [-0.39, 0.29) is 73.2 Å². The molecule has 1 saturated heterocycles. The van der Waals surface area contributed by atoms with Crippen LogP contribution < -0.4 is 28.0 Å². The highest BCUT2D eigenvalue weighted by Gasteiger charge is 2.38. The van der Waals surface area contributed by atoms with Crippen molar-refractivity contribution < 1.29 is 55.2 Å². The molecule has 1 heterocycles. The van der Waals surface area contributed by atoms with Gasteiger partial charge in [0, 0.05) is 31.6 Å². The van der Waals surface area contributed by atoms with Crippen LogP contribution in [-0.4, -0.2) is 84.2 Å². The van der Waals surface area contributed by atoms with E-state index >= 15 is 0 Å². The molecule has 0 aliphatic carbocycles. The third kappa shape index (κ3) is 9.25. The number of hydrogen-bond donors (Lipinski definition) is 2. The fourth-order valence-electron chi connectivity index (χ4n) is 2.87. The molecule has 0 saturated carbocycles. The molecule has 3 N–H and O–H groups in total. The number of thioether (sulfide) groups is 1. The number of halogens is 1. The minimum absolute atomic E-state index is 0. The van der Waals surface area contributed by atoms with Crippen LogP contribution in [0.1, 0.15) is 39.0 Å². The van der Waals surface area contributed by atoms with Gasteiger partial charge >= 0.3 is 11.9 Å². The van der Waals surface area contributed by atoms with E-state index in [2.05, 4.69) is 14.8 Å². The van der Waals surface area contributed by atoms with Gasteiger partial charge in [-0.25, -0.2) is 0 Å². The average molecular weight is 539 g/mol. The topological polar surface area (TPSA) is 162 Å². The number of carbonyl (C=O) groups excluding carboxylic acids is 6. The van der Waals surface area contributed by atoms with Gasteiger partial charge in [0.25, 0.3) is 0 Å². The van der Waals surface area contributed by atoms with Crippen molar-refractivity contribution in [3.8, 4) is 0 Å². The number of nitrogens with zero attached hydrogens (tertiary/aromatic N) is 1. The van der Waals surface area contributed by atoms with E-state index < -0.39 is 41.0 Å². The lowest BCUT2D eigenvalue weighted by atomic mass is 10.1. The molecule has 32 heavy (non-hydrogen) atoms. The van der Waals surface area contributed by atoms with E-state index in [1.807, 2.05) is 0 Å². The first-order valence-corrected chi connectivity index (χ1v) is 10.9. The zero-order valence-electron chi connectivity index (χ0n) is 18.3. The largest absolute Gasteiger partial charge is 1.00 e. The summed E-state index contributed by atoms with van der Waals surface area (Å²) in [7, 11) is 2.39. The summed E-state index contributed by atoms with van der Waals surface area (Å²) in [5.41, 5.74) is 5.61. The highest BCUT2D eigenvalue weighted by Crippen LogP contribution is 2.26. The van der Waals surface area contributed by atoms with Crippen LogP contribution in [0.5, 0.6) is 0 Å². The van der Waals surface area contributed by atoms with Crippen LogP contribution in [0.4, 0.5) is 0 Å². The number of carbonyl (C=O) groups is 6. The first-order chi connectivity index (χ1) is 14.6. The Balaban J connectivity index is 0.00000961. The number of likely N-dealkylation sites (tertiary alicyclic amines) is 1. The zero-order valence-corrected chi connectivity index (χ0v) is 20.7. The molecule has 1 rings (SSSR count). The number of esters is 2. The van der Waals surface area contributed by atoms with Gasteiger partial charge in [-0.1, -0.05) is 0 Å². The van der Waals surface area contributed by atoms with Crippen LogP contribution in [0, 0.1) is 0 Å². The Labute approximate surface area is 201 Å². The van der Waals surface area contributed by atoms with Gasteiger partial charge < -0.3 is 37.5 Å². The number of ether oxygens (including phenoxy) is 2. The van der Waals surface area contributed by atoms with Gasteiger partial charge in [0.05, 0.1) is 31.9 Å². The second-order valence-corrected chi connectivity index (χ2v) is 8.07. The van der Waals surface area contributed by atoms with Crippen LogP contribution in [0.2, 0.25) is 0 Å². The predicted molar refractivity (Wildman–Crippen MR) is 111 cm³/mol. The van der Waals surface area contributed by atoms with Crippen molar-refractivity contribution in [3.05, 3.63) is 0 Å². The van der Waals surface area contributed by atoms with Crippen molar-refractivity contribution in [1.82, 2.24) is 10.2 Å². The smallest absolute Gasteiger partial charge is 0.322 e. The molecule has 1 fully saturated rings. The number of Topliss-reactive ketones (excluding diaryl/α,β-unsaturated/α-hetero) is 1. The summed E-state index contributed by atoms with van der Waals surface area (Å²) in [6.07, 6.45) is -0.368. The Morgan fingerprint density at radius 3 is 2.34 bits per heavy atom. The molecule has 1 aliphatic rings. The Kier molecular flexibility index (Phi) is 14.0. The maximum atomic E-state index is 12.6. The Morgan fingerprint density at radius 2 is 1.81 bits per heavy atom. The van der Waals surface area contributed by atoms with E-state index in [4.69, 9.17) is 5.73 Å². The van der Waals surface area contributed by atoms with Crippen LogP contribution >= 0.6 is 11.8 Å².